The van der Waals surface area contributed by atoms with Gasteiger partial charge in [-0.15, -0.1) is 0 Å². The summed E-state index contributed by atoms with van der Waals surface area (Å²) in [7, 11) is -3.61. The Bertz CT molecular complexity index is 775. The van der Waals surface area contributed by atoms with Gasteiger partial charge in [-0.25, -0.2) is 8.42 Å². The molecule has 21 heavy (non-hydrogen) atoms. The number of hydrogen-bond acceptors (Lipinski definition) is 2. The van der Waals surface area contributed by atoms with E-state index in [1.807, 2.05) is 52.0 Å². The third kappa shape index (κ3) is 3.47. The molecule has 0 saturated carbocycles. The molecular formula is C16H18BrNO2S. The number of benzene rings is 2. The Hall–Kier alpha value is -1.33. The quantitative estimate of drug-likeness (QED) is 0.868. The third-order valence-electron chi connectivity index (χ3n) is 3.24. The molecule has 112 valence electrons. The van der Waals surface area contributed by atoms with E-state index >= 15 is 0 Å². The first kappa shape index (κ1) is 16.0. The number of halogens is 1. The number of anilines is 1. The van der Waals surface area contributed by atoms with Crippen molar-refractivity contribution in [2.75, 3.05) is 4.72 Å². The zero-order valence-corrected chi connectivity index (χ0v) is 14.9. The molecule has 0 aromatic heterocycles. The van der Waals surface area contributed by atoms with E-state index < -0.39 is 10.0 Å². The number of sulfonamides is 1. The lowest BCUT2D eigenvalue weighted by molar-refractivity contribution is 0.600. The first-order chi connectivity index (χ1) is 9.70. The summed E-state index contributed by atoms with van der Waals surface area (Å²) < 4.78 is 28.7. The van der Waals surface area contributed by atoms with Crippen LogP contribution in [0, 0.1) is 27.7 Å². The highest BCUT2D eigenvalue weighted by molar-refractivity contribution is 9.10. The zero-order valence-electron chi connectivity index (χ0n) is 12.5. The summed E-state index contributed by atoms with van der Waals surface area (Å²) in [5, 5.41) is 0. The Morgan fingerprint density at radius 1 is 0.905 bits per heavy atom. The fourth-order valence-corrected chi connectivity index (χ4v) is 4.75. The molecule has 0 bridgehead atoms. The zero-order chi connectivity index (χ0) is 15.8. The Kier molecular flexibility index (Phi) is 4.44. The second kappa shape index (κ2) is 5.81. The predicted molar refractivity (Wildman–Crippen MR) is 90.3 cm³/mol. The summed E-state index contributed by atoms with van der Waals surface area (Å²) >= 11 is 3.39. The van der Waals surface area contributed by atoms with E-state index in [2.05, 4.69) is 20.7 Å². The lowest BCUT2D eigenvalue weighted by Gasteiger charge is -2.15. The molecule has 2 rings (SSSR count). The van der Waals surface area contributed by atoms with Crippen LogP contribution in [0.5, 0.6) is 0 Å². The van der Waals surface area contributed by atoms with Gasteiger partial charge in [-0.3, -0.25) is 4.72 Å². The summed E-state index contributed by atoms with van der Waals surface area (Å²) in [6, 6.07) is 9.28. The molecule has 2 aromatic rings. The Labute approximate surface area is 134 Å². The highest BCUT2D eigenvalue weighted by atomic mass is 79.9. The Morgan fingerprint density at radius 2 is 1.48 bits per heavy atom. The summed E-state index contributed by atoms with van der Waals surface area (Å²) in [4.78, 5) is 0.348. The molecule has 0 aliphatic rings. The van der Waals surface area contributed by atoms with Crippen molar-refractivity contribution in [3.05, 3.63) is 57.1 Å². The molecular weight excluding hydrogens is 350 g/mol. The predicted octanol–water partition coefficient (Wildman–Crippen LogP) is 4.48. The second-order valence-corrected chi connectivity index (χ2v) is 7.79. The second-order valence-electron chi connectivity index (χ2n) is 5.32. The van der Waals surface area contributed by atoms with Crippen LogP contribution in [0.2, 0.25) is 0 Å². The molecule has 0 heterocycles. The number of rotatable bonds is 3. The van der Waals surface area contributed by atoms with Gasteiger partial charge in [-0.2, -0.15) is 0 Å². The molecule has 2 aromatic carbocycles. The van der Waals surface area contributed by atoms with Crippen LogP contribution in [0.15, 0.2) is 39.7 Å². The molecule has 0 aliphatic heterocycles. The van der Waals surface area contributed by atoms with E-state index in [1.165, 1.54) is 0 Å². The summed E-state index contributed by atoms with van der Waals surface area (Å²) in [6.45, 7) is 7.55. The van der Waals surface area contributed by atoms with Crippen LogP contribution in [0.1, 0.15) is 22.3 Å². The van der Waals surface area contributed by atoms with Gasteiger partial charge in [-0.05, 0) is 72.4 Å². The van der Waals surface area contributed by atoms with Crippen LogP contribution in [0.3, 0.4) is 0 Å². The average molecular weight is 368 g/mol. The van der Waals surface area contributed by atoms with Crippen LogP contribution in [0.25, 0.3) is 0 Å². The minimum absolute atomic E-state index is 0.348. The molecule has 0 aliphatic carbocycles. The molecule has 0 atom stereocenters. The molecule has 0 fully saturated rings. The Balaban J connectivity index is 2.48. The third-order valence-corrected chi connectivity index (χ3v) is 5.57. The molecule has 0 spiro atoms. The lowest BCUT2D eigenvalue weighted by Crippen LogP contribution is -2.16. The molecule has 0 amide bonds. The molecule has 0 saturated heterocycles. The normalized spacial score (nSPS) is 11.5. The molecule has 0 radical (unpaired) electrons. The summed E-state index contributed by atoms with van der Waals surface area (Å²) in [5.74, 6) is 0. The van der Waals surface area contributed by atoms with E-state index in [1.54, 1.807) is 6.07 Å². The number of aryl methyl sites for hydroxylation is 4. The van der Waals surface area contributed by atoms with Crippen LogP contribution >= 0.6 is 15.9 Å². The van der Waals surface area contributed by atoms with Crippen molar-refractivity contribution in [3.63, 3.8) is 0 Å². The van der Waals surface area contributed by atoms with Crippen LogP contribution in [-0.4, -0.2) is 8.42 Å². The maximum absolute atomic E-state index is 12.7. The van der Waals surface area contributed by atoms with Crippen molar-refractivity contribution in [3.8, 4) is 0 Å². The van der Waals surface area contributed by atoms with Crippen LogP contribution in [0.4, 0.5) is 5.69 Å². The fraction of sp³-hybridized carbons (Fsp3) is 0.250. The van der Waals surface area contributed by atoms with Gasteiger partial charge in [0, 0.05) is 4.47 Å². The maximum atomic E-state index is 12.7. The van der Waals surface area contributed by atoms with E-state index in [9.17, 15) is 8.42 Å². The monoisotopic (exact) mass is 367 g/mol. The van der Waals surface area contributed by atoms with Crippen molar-refractivity contribution in [2.45, 2.75) is 32.6 Å². The largest absolute Gasteiger partial charge is 0.278 e. The van der Waals surface area contributed by atoms with Gasteiger partial charge < -0.3 is 0 Å². The SMILES string of the molecule is Cc1cc(C)c(S(=O)(=O)Nc2ccc(C)cc2Br)c(C)c1. The smallest absolute Gasteiger partial charge is 0.262 e. The van der Waals surface area contributed by atoms with Gasteiger partial charge in [-0.1, -0.05) is 23.8 Å². The molecule has 5 heteroatoms. The van der Waals surface area contributed by atoms with Crippen LogP contribution in [-0.2, 0) is 10.0 Å². The molecule has 3 nitrogen and oxygen atoms in total. The average Bonchev–Trinajstić information content (AvgIpc) is 2.30. The van der Waals surface area contributed by atoms with Gasteiger partial charge in [0.1, 0.15) is 0 Å². The van der Waals surface area contributed by atoms with Crippen molar-refractivity contribution in [1.82, 2.24) is 0 Å². The van der Waals surface area contributed by atoms with Gasteiger partial charge >= 0.3 is 0 Å². The number of hydrogen-bond donors (Lipinski definition) is 1. The molecule has 1 N–H and O–H groups in total. The Morgan fingerprint density at radius 3 is 2.00 bits per heavy atom. The van der Waals surface area contributed by atoms with Crippen molar-refractivity contribution in [1.29, 1.82) is 0 Å². The van der Waals surface area contributed by atoms with Gasteiger partial charge in [0.05, 0.1) is 10.6 Å². The van der Waals surface area contributed by atoms with Crippen molar-refractivity contribution >= 4 is 31.6 Å². The first-order valence-corrected chi connectivity index (χ1v) is 8.85. The minimum atomic E-state index is -3.61. The van der Waals surface area contributed by atoms with Crippen LogP contribution < -0.4 is 4.72 Å². The van der Waals surface area contributed by atoms with E-state index in [4.69, 9.17) is 0 Å². The van der Waals surface area contributed by atoms with E-state index in [-0.39, 0.29) is 0 Å². The van der Waals surface area contributed by atoms with Crippen molar-refractivity contribution < 1.29 is 8.42 Å². The summed E-state index contributed by atoms with van der Waals surface area (Å²) in [6.07, 6.45) is 0. The maximum Gasteiger partial charge on any atom is 0.262 e. The highest BCUT2D eigenvalue weighted by Gasteiger charge is 2.20. The minimum Gasteiger partial charge on any atom is -0.278 e. The first-order valence-electron chi connectivity index (χ1n) is 6.57. The van der Waals surface area contributed by atoms with E-state index in [0.29, 0.717) is 10.6 Å². The summed E-state index contributed by atoms with van der Waals surface area (Å²) in [5.41, 5.74) is 4.17. The number of nitrogens with one attached hydrogen (secondary N) is 1. The lowest BCUT2D eigenvalue weighted by atomic mass is 10.1. The molecule has 0 unspecified atom stereocenters. The highest BCUT2D eigenvalue weighted by Crippen LogP contribution is 2.28. The van der Waals surface area contributed by atoms with Gasteiger partial charge in [0.2, 0.25) is 0 Å². The fourth-order valence-electron chi connectivity index (χ4n) is 2.49. The van der Waals surface area contributed by atoms with Gasteiger partial charge in [0.15, 0.2) is 0 Å². The van der Waals surface area contributed by atoms with Gasteiger partial charge in [0.25, 0.3) is 10.0 Å². The van der Waals surface area contributed by atoms with E-state index in [0.717, 1.165) is 26.7 Å². The topological polar surface area (TPSA) is 46.2 Å². The standard InChI is InChI=1S/C16H18BrNO2S/c1-10-5-6-15(14(17)9-10)18-21(19,20)16-12(3)7-11(2)8-13(16)4/h5-9,18H,1-4H3. The van der Waals surface area contributed by atoms with Crippen molar-refractivity contribution in [2.24, 2.45) is 0 Å².